The van der Waals surface area contributed by atoms with Crippen LogP contribution >= 0.6 is 0 Å². The number of piperazine rings is 1. The second kappa shape index (κ2) is 8.71. The number of ether oxygens (including phenoxy) is 1. The third-order valence-corrected chi connectivity index (χ3v) is 6.58. The Morgan fingerprint density at radius 3 is 2.19 bits per heavy atom. The Balaban J connectivity index is 1.81. The van der Waals surface area contributed by atoms with E-state index in [-0.39, 0.29) is 42.5 Å². The molecule has 1 N–H and O–H groups in total. The smallest absolute Gasteiger partial charge is 0.416 e. The number of hydrogen-bond donors (Lipinski definition) is 1. The molecule has 0 amide bonds. The van der Waals surface area contributed by atoms with Crippen LogP contribution in [0.15, 0.2) is 47.4 Å². The molecule has 2 aromatic carbocycles. The lowest BCUT2D eigenvalue weighted by atomic mass is 10.1. The topological polar surface area (TPSA) is 87.2 Å². The van der Waals surface area contributed by atoms with Crippen LogP contribution in [0.5, 0.6) is 5.75 Å². The van der Waals surface area contributed by atoms with Crippen LogP contribution < -0.4 is 9.64 Å². The van der Waals surface area contributed by atoms with Crippen LogP contribution in [-0.4, -0.2) is 56.6 Å². The highest BCUT2D eigenvalue weighted by atomic mass is 32.2. The molecule has 0 aliphatic carbocycles. The number of rotatable bonds is 6. The summed E-state index contributed by atoms with van der Waals surface area (Å²) in [6.45, 7) is -0.712. The number of carbonyl (C=O) groups is 1. The van der Waals surface area contributed by atoms with Gasteiger partial charge in [-0.3, -0.25) is 0 Å². The first-order chi connectivity index (χ1) is 14.5. The average molecular weight is 462 g/mol. The van der Waals surface area contributed by atoms with Gasteiger partial charge in [0.1, 0.15) is 11.6 Å². The number of anilines is 1. The van der Waals surface area contributed by atoms with Crippen molar-refractivity contribution in [3.05, 3.63) is 53.8 Å². The number of sulfonamides is 1. The molecular weight excluding hydrogens is 444 g/mol. The van der Waals surface area contributed by atoms with Gasteiger partial charge in [-0.15, -0.1) is 0 Å². The summed E-state index contributed by atoms with van der Waals surface area (Å²) in [6, 6.07) is 7.01. The van der Waals surface area contributed by atoms with Crippen molar-refractivity contribution in [2.75, 3.05) is 37.7 Å². The van der Waals surface area contributed by atoms with E-state index in [1.807, 2.05) is 0 Å². The molecule has 7 nitrogen and oxygen atoms in total. The molecular formula is C19H18F4N2O5S. The van der Waals surface area contributed by atoms with Crippen molar-refractivity contribution >= 4 is 21.7 Å². The fourth-order valence-electron chi connectivity index (χ4n) is 3.13. The van der Waals surface area contributed by atoms with Crippen LogP contribution in [0.25, 0.3) is 0 Å². The predicted molar refractivity (Wildman–Crippen MR) is 102 cm³/mol. The molecule has 168 valence electrons. The van der Waals surface area contributed by atoms with Crippen LogP contribution in [0.4, 0.5) is 23.2 Å². The lowest BCUT2D eigenvalue weighted by Crippen LogP contribution is -2.48. The average Bonchev–Trinajstić information content (AvgIpc) is 2.72. The van der Waals surface area contributed by atoms with Gasteiger partial charge in [-0.2, -0.15) is 17.5 Å². The van der Waals surface area contributed by atoms with Crippen LogP contribution in [0.1, 0.15) is 5.56 Å². The first-order valence-corrected chi connectivity index (χ1v) is 10.5. The summed E-state index contributed by atoms with van der Waals surface area (Å²) in [4.78, 5) is 12.2. The molecule has 1 aliphatic rings. The number of halogens is 4. The van der Waals surface area contributed by atoms with Crippen molar-refractivity contribution in [3.63, 3.8) is 0 Å². The number of benzene rings is 2. The molecule has 1 fully saturated rings. The third kappa shape index (κ3) is 5.25. The molecule has 0 unspecified atom stereocenters. The maximum atomic E-state index is 13.1. The normalized spacial score (nSPS) is 15.7. The molecule has 0 aromatic heterocycles. The van der Waals surface area contributed by atoms with Gasteiger partial charge in [-0.25, -0.2) is 17.6 Å². The highest BCUT2D eigenvalue weighted by molar-refractivity contribution is 7.89. The van der Waals surface area contributed by atoms with Crippen molar-refractivity contribution in [1.82, 2.24) is 4.31 Å². The molecule has 0 atom stereocenters. The van der Waals surface area contributed by atoms with E-state index in [1.54, 1.807) is 0 Å². The number of carboxylic acids is 1. The summed E-state index contributed by atoms with van der Waals surface area (Å²) < 4.78 is 84.2. The van der Waals surface area contributed by atoms with E-state index in [2.05, 4.69) is 0 Å². The van der Waals surface area contributed by atoms with Gasteiger partial charge in [0.2, 0.25) is 10.0 Å². The Morgan fingerprint density at radius 1 is 1.03 bits per heavy atom. The van der Waals surface area contributed by atoms with Gasteiger partial charge in [0.05, 0.1) is 16.1 Å². The standard InChI is InChI=1S/C19H18F4N2O5S/c20-14-2-4-15(5-3-14)31(28,29)25-9-7-24(8-10-25)16-11-13(19(21,22)23)1-6-17(16)30-12-18(26)27/h1-6,11H,7-10,12H2,(H,26,27). The number of carboxylic acid groups (broad SMARTS) is 1. The number of nitrogens with zero attached hydrogens (tertiary/aromatic N) is 2. The fraction of sp³-hybridized carbons (Fsp3) is 0.316. The molecule has 0 saturated carbocycles. The van der Waals surface area contributed by atoms with Crippen LogP contribution in [0.2, 0.25) is 0 Å². The lowest BCUT2D eigenvalue weighted by Gasteiger charge is -2.36. The maximum Gasteiger partial charge on any atom is 0.416 e. The summed E-state index contributed by atoms with van der Waals surface area (Å²) in [5.41, 5.74) is -0.915. The summed E-state index contributed by atoms with van der Waals surface area (Å²) in [6.07, 6.45) is -4.62. The summed E-state index contributed by atoms with van der Waals surface area (Å²) in [5, 5.41) is 8.79. The second-order valence-corrected chi connectivity index (χ2v) is 8.65. The van der Waals surface area contributed by atoms with E-state index in [1.165, 1.54) is 4.90 Å². The van der Waals surface area contributed by atoms with E-state index in [4.69, 9.17) is 9.84 Å². The predicted octanol–water partition coefficient (Wildman–Crippen LogP) is 2.82. The van der Waals surface area contributed by atoms with Crippen LogP contribution in [0.3, 0.4) is 0 Å². The Hall–Kier alpha value is -2.86. The minimum Gasteiger partial charge on any atom is -0.480 e. The van der Waals surface area contributed by atoms with Gasteiger partial charge in [0.25, 0.3) is 0 Å². The largest absolute Gasteiger partial charge is 0.480 e. The zero-order chi connectivity index (χ0) is 22.8. The zero-order valence-corrected chi connectivity index (χ0v) is 16.8. The van der Waals surface area contributed by atoms with Crippen molar-refractivity contribution < 1.29 is 40.6 Å². The second-order valence-electron chi connectivity index (χ2n) is 6.71. The molecule has 0 radical (unpaired) electrons. The third-order valence-electron chi connectivity index (χ3n) is 4.67. The van der Waals surface area contributed by atoms with E-state index >= 15 is 0 Å². The molecule has 1 heterocycles. The fourth-order valence-corrected chi connectivity index (χ4v) is 4.55. The molecule has 1 saturated heterocycles. The number of aliphatic carboxylic acids is 1. The SMILES string of the molecule is O=C(O)COc1ccc(C(F)(F)F)cc1N1CCN(S(=O)(=O)c2ccc(F)cc2)CC1. The van der Waals surface area contributed by atoms with Crippen molar-refractivity contribution in [2.45, 2.75) is 11.1 Å². The molecule has 0 bridgehead atoms. The molecule has 3 rings (SSSR count). The lowest BCUT2D eigenvalue weighted by molar-refractivity contribution is -0.140. The molecule has 12 heteroatoms. The summed E-state index contributed by atoms with van der Waals surface area (Å²) >= 11 is 0. The van der Waals surface area contributed by atoms with Gasteiger partial charge < -0.3 is 14.7 Å². The quantitative estimate of drug-likeness (QED) is 0.665. The minimum atomic E-state index is -4.62. The number of hydrogen-bond acceptors (Lipinski definition) is 5. The summed E-state index contributed by atoms with van der Waals surface area (Å²) in [5.74, 6) is -1.92. The molecule has 0 spiro atoms. The Morgan fingerprint density at radius 2 is 1.65 bits per heavy atom. The monoisotopic (exact) mass is 462 g/mol. The Labute approximate surface area is 175 Å². The van der Waals surface area contributed by atoms with Gasteiger partial charge >= 0.3 is 12.1 Å². The van der Waals surface area contributed by atoms with E-state index in [9.17, 15) is 30.8 Å². The van der Waals surface area contributed by atoms with Gasteiger partial charge in [-0.05, 0) is 42.5 Å². The minimum absolute atomic E-state index is 0.0231. The molecule has 2 aromatic rings. The Bertz CT molecular complexity index is 1050. The van der Waals surface area contributed by atoms with Crippen molar-refractivity contribution in [3.8, 4) is 5.75 Å². The molecule has 1 aliphatic heterocycles. The van der Waals surface area contributed by atoms with Crippen LogP contribution in [-0.2, 0) is 21.0 Å². The highest BCUT2D eigenvalue weighted by Crippen LogP contribution is 2.37. The maximum absolute atomic E-state index is 13.1. The van der Waals surface area contributed by atoms with E-state index in [0.717, 1.165) is 46.8 Å². The van der Waals surface area contributed by atoms with Crippen molar-refractivity contribution in [2.24, 2.45) is 0 Å². The molecule has 31 heavy (non-hydrogen) atoms. The zero-order valence-electron chi connectivity index (χ0n) is 16.0. The highest BCUT2D eigenvalue weighted by Gasteiger charge is 2.34. The van der Waals surface area contributed by atoms with Gasteiger partial charge in [0, 0.05) is 26.2 Å². The number of alkyl halides is 3. The Kier molecular flexibility index (Phi) is 6.41. The first-order valence-electron chi connectivity index (χ1n) is 9.05. The van der Waals surface area contributed by atoms with E-state index in [0.29, 0.717) is 0 Å². The van der Waals surface area contributed by atoms with E-state index < -0.39 is 40.2 Å². The van der Waals surface area contributed by atoms with Crippen molar-refractivity contribution in [1.29, 1.82) is 0 Å². The first kappa shape index (κ1) is 22.8. The summed E-state index contributed by atoms with van der Waals surface area (Å²) in [7, 11) is -3.90. The van der Waals surface area contributed by atoms with Crippen LogP contribution in [0, 0.1) is 5.82 Å². The van der Waals surface area contributed by atoms with Gasteiger partial charge in [0.15, 0.2) is 6.61 Å². The van der Waals surface area contributed by atoms with Gasteiger partial charge in [-0.1, -0.05) is 0 Å².